The summed E-state index contributed by atoms with van der Waals surface area (Å²) in [5, 5.41) is 4.27. The number of fused-ring (bicyclic) bond motifs is 1. The van der Waals surface area contributed by atoms with Crippen LogP contribution < -0.4 is 5.32 Å². The first kappa shape index (κ1) is 13.5. The Bertz CT molecular complexity index is 626. The first-order chi connectivity index (χ1) is 9.61. The standard InChI is InChI=1S/C16H18ClNO2/c1-10-2-7-14-11(8-10)9-15(20-14)16(19)18-13-5-3-12(17)4-6-13/h2,7-9,12-13H,3-6H2,1H3,(H,18,19). The van der Waals surface area contributed by atoms with Gasteiger partial charge in [-0.2, -0.15) is 0 Å². The van der Waals surface area contributed by atoms with E-state index >= 15 is 0 Å². The molecule has 1 aliphatic rings. The van der Waals surface area contributed by atoms with E-state index in [2.05, 4.69) is 5.32 Å². The van der Waals surface area contributed by atoms with Gasteiger partial charge < -0.3 is 9.73 Å². The van der Waals surface area contributed by atoms with Crippen LogP contribution in [0.2, 0.25) is 0 Å². The molecule has 0 spiro atoms. The maximum atomic E-state index is 12.2. The van der Waals surface area contributed by atoms with Crippen LogP contribution in [0.5, 0.6) is 0 Å². The molecule has 4 heteroatoms. The molecule has 3 nitrogen and oxygen atoms in total. The molecule has 0 aliphatic heterocycles. The number of halogens is 1. The number of furan rings is 1. The Morgan fingerprint density at radius 2 is 2.00 bits per heavy atom. The van der Waals surface area contributed by atoms with Crippen molar-refractivity contribution in [1.82, 2.24) is 5.32 Å². The Morgan fingerprint density at radius 3 is 2.75 bits per heavy atom. The van der Waals surface area contributed by atoms with Gasteiger partial charge in [-0.1, -0.05) is 11.6 Å². The topological polar surface area (TPSA) is 42.2 Å². The molecule has 0 radical (unpaired) electrons. The third-order valence-corrected chi connectivity index (χ3v) is 4.32. The molecule has 0 unspecified atom stereocenters. The monoisotopic (exact) mass is 291 g/mol. The second-order valence-electron chi connectivity index (χ2n) is 5.57. The van der Waals surface area contributed by atoms with Gasteiger partial charge in [-0.3, -0.25) is 4.79 Å². The van der Waals surface area contributed by atoms with E-state index in [1.165, 1.54) is 0 Å². The van der Waals surface area contributed by atoms with Gasteiger partial charge in [0, 0.05) is 16.8 Å². The van der Waals surface area contributed by atoms with Crippen molar-refractivity contribution in [2.75, 3.05) is 0 Å². The Kier molecular flexibility index (Phi) is 3.70. The molecule has 106 valence electrons. The van der Waals surface area contributed by atoms with Crippen molar-refractivity contribution in [3.05, 3.63) is 35.6 Å². The number of nitrogens with one attached hydrogen (secondary N) is 1. The molecular formula is C16H18ClNO2. The van der Waals surface area contributed by atoms with Gasteiger partial charge >= 0.3 is 0 Å². The summed E-state index contributed by atoms with van der Waals surface area (Å²) in [4.78, 5) is 12.2. The SMILES string of the molecule is Cc1ccc2oc(C(=O)NC3CCC(Cl)CC3)cc2c1. The van der Waals surface area contributed by atoms with Crippen molar-refractivity contribution in [3.63, 3.8) is 0 Å². The number of carbonyl (C=O) groups is 1. The molecule has 1 N–H and O–H groups in total. The number of hydrogen-bond donors (Lipinski definition) is 1. The average molecular weight is 292 g/mol. The van der Waals surface area contributed by atoms with E-state index < -0.39 is 0 Å². The van der Waals surface area contributed by atoms with Crippen LogP contribution >= 0.6 is 11.6 Å². The van der Waals surface area contributed by atoms with Gasteiger partial charge in [-0.05, 0) is 50.8 Å². The summed E-state index contributed by atoms with van der Waals surface area (Å²) < 4.78 is 5.61. The van der Waals surface area contributed by atoms with Gasteiger partial charge in [0.15, 0.2) is 5.76 Å². The van der Waals surface area contributed by atoms with Gasteiger partial charge in [-0.15, -0.1) is 11.6 Å². The largest absolute Gasteiger partial charge is 0.451 e. The summed E-state index contributed by atoms with van der Waals surface area (Å²) in [5.74, 6) is 0.260. The highest BCUT2D eigenvalue weighted by Crippen LogP contribution is 2.24. The number of rotatable bonds is 2. The molecule has 1 heterocycles. The number of hydrogen-bond acceptors (Lipinski definition) is 2. The summed E-state index contributed by atoms with van der Waals surface area (Å²) in [7, 11) is 0. The first-order valence-electron chi connectivity index (χ1n) is 7.07. The highest BCUT2D eigenvalue weighted by atomic mass is 35.5. The summed E-state index contributed by atoms with van der Waals surface area (Å²) in [5.41, 5.74) is 1.91. The van der Waals surface area contributed by atoms with E-state index in [1.807, 2.05) is 31.2 Å². The molecule has 2 aromatic rings. The van der Waals surface area contributed by atoms with E-state index in [1.54, 1.807) is 0 Å². The van der Waals surface area contributed by atoms with Crippen molar-refractivity contribution in [3.8, 4) is 0 Å². The predicted octanol–water partition coefficient (Wildman–Crippen LogP) is 4.02. The van der Waals surface area contributed by atoms with Crippen LogP contribution in [0.15, 0.2) is 28.7 Å². The number of carbonyl (C=O) groups excluding carboxylic acids is 1. The Labute approximate surface area is 123 Å². The van der Waals surface area contributed by atoms with Crippen molar-refractivity contribution in [2.24, 2.45) is 0 Å². The molecule has 20 heavy (non-hydrogen) atoms. The van der Waals surface area contributed by atoms with Gasteiger partial charge in [0.2, 0.25) is 0 Å². The van der Waals surface area contributed by atoms with Crippen molar-refractivity contribution in [2.45, 2.75) is 44.0 Å². The molecule has 1 saturated carbocycles. The Morgan fingerprint density at radius 1 is 1.25 bits per heavy atom. The number of amides is 1. The summed E-state index contributed by atoms with van der Waals surface area (Å²) in [6.45, 7) is 2.02. The molecule has 1 amide bonds. The maximum absolute atomic E-state index is 12.2. The van der Waals surface area contributed by atoms with Gasteiger partial charge in [-0.25, -0.2) is 0 Å². The fourth-order valence-corrected chi connectivity index (χ4v) is 2.98. The van der Waals surface area contributed by atoms with Crippen molar-refractivity contribution in [1.29, 1.82) is 0 Å². The van der Waals surface area contributed by atoms with Crippen LogP contribution in [0.3, 0.4) is 0 Å². The summed E-state index contributed by atoms with van der Waals surface area (Å²) in [6, 6.07) is 7.93. The minimum absolute atomic E-state index is 0.128. The molecule has 1 aromatic carbocycles. The molecule has 0 atom stereocenters. The van der Waals surface area contributed by atoms with E-state index in [0.29, 0.717) is 5.76 Å². The fourth-order valence-electron chi connectivity index (χ4n) is 2.73. The zero-order chi connectivity index (χ0) is 14.1. The Balaban J connectivity index is 1.72. The molecule has 1 fully saturated rings. The summed E-state index contributed by atoms with van der Waals surface area (Å²) in [6.07, 6.45) is 3.82. The van der Waals surface area contributed by atoms with Crippen LogP contribution in [0, 0.1) is 6.92 Å². The lowest BCUT2D eigenvalue weighted by Gasteiger charge is -2.25. The minimum Gasteiger partial charge on any atom is -0.451 e. The van der Waals surface area contributed by atoms with Gasteiger partial charge in [0.25, 0.3) is 5.91 Å². The third kappa shape index (κ3) is 2.83. The normalized spacial score (nSPS) is 22.9. The van der Waals surface area contributed by atoms with E-state index in [0.717, 1.165) is 42.2 Å². The average Bonchev–Trinajstić information content (AvgIpc) is 2.84. The lowest BCUT2D eigenvalue weighted by Crippen LogP contribution is -2.37. The predicted molar refractivity (Wildman–Crippen MR) is 80.3 cm³/mol. The van der Waals surface area contributed by atoms with Crippen LogP contribution in [-0.4, -0.2) is 17.3 Å². The fraction of sp³-hybridized carbons (Fsp3) is 0.438. The third-order valence-electron chi connectivity index (χ3n) is 3.89. The van der Waals surface area contributed by atoms with Crippen LogP contribution in [0.1, 0.15) is 41.8 Å². The molecule has 1 aromatic heterocycles. The Hall–Kier alpha value is -1.48. The van der Waals surface area contributed by atoms with Crippen molar-refractivity contribution < 1.29 is 9.21 Å². The second-order valence-corrected chi connectivity index (χ2v) is 6.19. The second kappa shape index (κ2) is 5.49. The first-order valence-corrected chi connectivity index (χ1v) is 7.50. The van der Waals surface area contributed by atoms with Gasteiger partial charge in [0.05, 0.1) is 0 Å². The maximum Gasteiger partial charge on any atom is 0.287 e. The lowest BCUT2D eigenvalue weighted by molar-refractivity contribution is 0.0902. The van der Waals surface area contributed by atoms with E-state index in [4.69, 9.17) is 16.0 Å². The molecule has 1 aliphatic carbocycles. The van der Waals surface area contributed by atoms with Gasteiger partial charge in [0.1, 0.15) is 5.58 Å². The smallest absolute Gasteiger partial charge is 0.287 e. The molecule has 0 bridgehead atoms. The molecular weight excluding hydrogens is 274 g/mol. The number of benzene rings is 1. The molecule has 0 saturated heterocycles. The molecule has 3 rings (SSSR count). The van der Waals surface area contributed by atoms with Crippen molar-refractivity contribution >= 4 is 28.5 Å². The lowest BCUT2D eigenvalue weighted by atomic mass is 9.95. The zero-order valence-corrected chi connectivity index (χ0v) is 12.2. The highest BCUT2D eigenvalue weighted by molar-refractivity contribution is 6.20. The van der Waals surface area contributed by atoms with Crippen LogP contribution in [0.4, 0.5) is 0 Å². The number of aryl methyl sites for hydroxylation is 1. The quantitative estimate of drug-likeness (QED) is 0.849. The van der Waals surface area contributed by atoms with Crippen LogP contribution in [-0.2, 0) is 0 Å². The van der Waals surface area contributed by atoms with Crippen LogP contribution in [0.25, 0.3) is 11.0 Å². The zero-order valence-electron chi connectivity index (χ0n) is 11.5. The number of alkyl halides is 1. The van der Waals surface area contributed by atoms with E-state index in [-0.39, 0.29) is 17.3 Å². The minimum atomic E-state index is -0.128. The highest BCUT2D eigenvalue weighted by Gasteiger charge is 2.22. The summed E-state index contributed by atoms with van der Waals surface area (Å²) >= 11 is 6.07. The van der Waals surface area contributed by atoms with E-state index in [9.17, 15) is 4.79 Å².